The summed E-state index contributed by atoms with van der Waals surface area (Å²) in [5.74, 6) is -0.105. The first-order valence-corrected chi connectivity index (χ1v) is 10.1. The monoisotopic (exact) mass is 450 g/mol. The Morgan fingerprint density at radius 3 is 2.57 bits per heavy atom. The summed E-state index contributed by atoms with van der Waals surface area (Å²) in [6.07, 6.45) is 0.144. The van der Waals surface area contributed by atoms with Crippen LogP contribution in [0.4, 0.5) is 5.69 Å². The Morgan fingerprint density at radius 1 is 1.21 bits per heavy atom. The maximum atomic E-state index is 11.4. The molecule has 152 valence electrons. The second-order valence-corrected chi connectivity index (χ2v) is 7.36. The summed E-state index contributed by atoms with van der Waals surface area (Å²) >= 11 is 3.52. The van der Waals surface area contributed by atoms with Crippen molar-refractivity contribution in [2.45, 2.75) is 32.4 Å². The van der Waals surface area contributed by atoms with Crippen LogP contribution in [0.5, 0.6) is 5.75 Å². The molecule has 0 heterocycles. The van der Waals surface area contributed by atoms with Crippen LogP contribution in [0.25, 0.3) is 0 Å². The van der Waals surface area contributed by atoms with Gasteiger partial charge in [0.05, 0.1) is 12.7 Å². The van der Waals surface area contributed by atoms with E-state index in [9.17, 15) is 15.0 Å². The number of aromatic hydroxyl groups is 1. The van der Waals surface area contributed by atoms with Crippen molar-refractivity contribution in [2.24, 2.45) is 0 Å². The van der Waals surface area contributed by atoms with Crippen molar-refractivity contribution in [1.29, 1.82) is 0 Å². The lowest BCUT2D eigenvalue weighted by Gasteiger charge is -2.21. The van der Waals surface area contributed by atoms with Crippen LogP contribution in [0.15, 0.2) is 46.9 Å². The number of nitrogens with one attached hydrogen (secondary N) is 2. The predicted octanol–water partition coefficient (Wildman–Crippen LogP) is 3.38. The smallest absolute Gasteiger partial charge is 0.325 e. The van der Waals surface area contributed by atoms with Gasteiger partial charge in [0.25, 0.3) is 0 Å². The lowest BCUT2D eigenvalue weighted by Crippen LogP contribution is -2.33. The largest absolute Gasteiger partial charge is 0.508 e. The zero-order valence-electron chi connectivity index (χ0n) is 16.1. The van der Waals surface area contributed by atoms with Gasteiger partial charge < -0.3 is 25.6 Å². The van der Waals surface area contributed by atoms with Crippen LogP contribution in [0.1, 0.15) is 31.1 Å². The van der Waals surface area contributed by atoms with Gasteiger partial charge >= 0.3 is 5.97 Å². The molecule has 0 fully saturated rings. The van der Waals surface area contributed by atoms with Crippen molar-refractivity contribution < 1.29 is 19.7 Å². The summed E-state index contributed by atoms with van der Waals surface area (Å²) in [6, 6.07) is 12.4. The molecule has 2 rings (SSSR count). The minimum Gasteiger partial charge on any atom is -0.508 e. The fourth-order valence-electron chi connectivity index (χ4n) is 2.75. The van der Waals surface area contributed by atoms with Crippen molar-refractivity contribution in [3.63, 3.8) is 0 Å². The molecule has 0 bridgehead atoms. The highest BCUT2D eigenvalue weighted by Crippen LogP contribution is 2.24. The summed E-state index contributed by atoms with van der Waals surface area (Å²) in [7, 11) is 0. The van der Waals surface area contributed by atoms with E-state index in [4.69, 9.17) is 4.74 Å². The highest BCUT2D eigenvalue weighted by molar-refractivity contribution is 9.10. The maximum Gasteiger partial charge on any atom is 0.325 e. The van der Waals surface area contributed by atoms with Crippen LogP contribution in [-0.4, -0.2) is 41.9 Å². The van der Waals surface area contributed by atoms with Gasteiger partial charge in [0.2, 0.25) is 0 Å². The van der Waals surface area contributed by atoms with Crippen molar-refractivity contribution in [2.75, 3.05) is 25.0 Å². The molecule has 0 saturated carbocycles. The number of esters is 1. The molecule has 0 unspecified atom stereocenters. The van der Waals surface area contributed by atoms with Gasteiger partial charge in [-0.25, -0.2) is 0 Å². The lowest BCUT2D eigenvalue weighted by atomic mass is 10.0. The van der Waals surface area contributed by atoms with E-state index in [0.717, 1.165) is 27.7 Å². The SMILES string of the molecule is CCOC(=O)CNc1ccc(CCN[C@@H](C)[C@@H](O)c2ccc(O)cc2)cc1Br. The zero-order chi connectivity index (χ0) is 20.5. The average Bonchev–Trinajstić information content (AvgIpc) is 2.67. The van der Waals surface area contributed by atoms with E-state index in [2.05, 4.69) is 26.6 Å². The third kappa shape index (κ3) is 6.82. The molecule has 0 aliphatic heterocycles. The highest BCUT2D eigenvalue weighted by atomic mass is 79.9. The molecule has 0 aliphatic carbocycles. The zero-order valence-corrected chi connectivity index (χ0v) is 17.7. The van der Waals surface area contributed by atoms with E-state index in [1.165, 1.54) is 0 Å². The lowest BCUT2D eigenvalue weighted by molar-refractivity contribution is -0.140. The molecule has 2 aromatic rings. The van der Waals surface area contributed by atoms with Crippen LogP contribution in [0.2, 0.25) is 0 Å². The molecule has 28 heavy (non-hydrogen) atoms. The number of hydrogen-bond acceptors (Lipinski definition) is 6. The van der Waals surface area contributed by atoms with Crippen LogP contribution < -0.4 is 10.6 Å². The highest BCUT2D eigenvalue weighted by Gasteiger charge is 2.15. The minimum absolute atomic E-state index is 0.125. The second-order valence-electron chi connectivity index (χ2n) is 6.50. The Kier molecular flexibility index (Phi) is 8.76. The maximum absolute atomic E-state index is 11.4. The number of hydrogen-bond donors (Lipinski definition) is 4. The number of aliphatic hydroxyl groups is 1. The van der Waals surface area contributed by atoms with Crippen LogP contribution in [0.3, 0.4) is 0 Å². The second kappa shape index (κ2) is 11.0. The number of halogens is 1. The number of phenolic OH excluding ortho intramolecular Hbond substituents is 1. The first-order chi connectivity index (χ1) is 13.4. The minimum atomic E-state index is -0.651. The average molecular weight is 451 g/mol. The molecule has 0 saturated heterocycles. The van der Waals surface area contributed by atoms with Gasteiger partial charge in [-0.15, -0.1) is 0 Å². The van der Waals surface area contributed by atoms with Gasteiger partial charge in [-0.3, -0.25) is 4.79 Å². The van der Waals surface area contributed by atoms with E-state index in [1.54, 1.807) is 31.2 Å². The van der Waals surface area contributed by atoms with Gasteiger partial charge in [-0.2, -0.15) is 0 Å². The number of anilines is 1. The first-order valence-electron chi connectivity index (χ1n) is 9.29. The number of rotatable bonds is 10. The van der Waals surface area contributed by atoms with Crippen molar-refractivity contribution >= 4 is 27.6 Å². The number of aliphatic hydroxyl groups excluding tert-OH is 1. The number of carbonyl (C=O) groups is 1. The summed E-state index contributed by atoms with van der Waals surface area (Å²) in [5.41, 5.74) is 2.73. The molecule has 0 spiro atoms. The predicted molar refractivity (Wildman–Crippen MR) is 114 cm³/mol. The fraction of sp³-hybridized carbons (Fsp3) is 0.381. The molecular weight excluding hydrogens is 424 g/mol. The molecule has 2 aromatic carbocycles. The van der Waals surface area contributed by atoms with E-state index in [0.29, 0.717) is 13.2 Å². The van der Waals surface area contributed by atoms with E-state index < -0.39 is 6.10 Å². The Hall–Kier alpha value is -2.09. The summed E-state index contributed by atoms with van der Waals surface area (Å²) < 4.78 is 5.78. The van der Waals surface area contributed by atoms with Crippen molar-refractivity contribution in [3.05, 3.63) is 58.1 Å². The van der Waals surface area contributed by atoms with Gasteiger partial charge in [-0.05, 0) is 78.1 Å². The van der Waals surface area contributed by atoms with E-state index in [-0.39, 0.29) is 24.3 Å². The Bertz CT molecular complexity index is 768. The number of phenols is 1. The topological polar surface area (TPSA) is 90.8 Å². The first kappa shape index (κ1) is 22.2. The number of benzene rings is 2. The fourth-order valence-corrected chi connectivity index (χ4v) is 3.32. The standard InChI is InChI=1S/C21H27BrN2O4/c1-3-28-20(26)13-24-19-9-4-15(12-18(19)22)10-11-23-14(2)21(27)16-5-7-17(25)8-6-16/h4-9,12,14,21,23-25,27H,3,10-11,13H2,1-2H3/t14-,21+/m0/s1. The number of carbonyl (C=O) groups excluding carboxylic acids is 1. The third-order valence-electron chi connectivity index (χ3n) is 4.35. The molecule has 2 atom stereocenters. The van der Waals surface area contributed by atoms with Crippen LogP contribution in [-0.2, 0) is 16.0 Å². The summed E-state index contributed by atoms with van der Waals surface area (Å²) in [6.45, 7) is 4.91. The molecule has 0 aliphatic rings. The van der Waals surface area contributed by atoms with Crippen molar-refractivity contribution in [1.82, 2.24) is 5.32 Å². The molecule has 4 N–H and O–H groups in total. The van der Waals surface area contributed by atoms with Gasteiger partial charge in [0.1, 0.15) is 12.3 Å². The Balaban J connectivity index is 1.81. The third-order valence-corrected chi connectivity index (χ3v) is 5.01. The summed E-state index contributed by atoms with van der Waals surface area (Å²) in [4.78, 5) is 11.4. The van der Waals surface area contributed by atoms with E-state index >= 15 is 0 Å². The van der Waals surface area contributed by atoms with Crippen molar-refractivity contribution in [3.8, 4) is 5.75 Å². The van der Waals surface area contributed by atoms with Gasteiger partial charge in [-0.1, -0.05) is 18.2 Å². The Labute approximate surface area is 174 Å². The molecule has 0 amide bonds. The molecule has 6 nitrogen and oxygen atoms in total. The van der Waals surface area contributed by atoms with Gasteiger partial charge in [0.15, 0.2) is 0 Å². The normalized spacial score (nSPS) is 13.0. The van der Waals surface area contributed by atoms with Crippen LogP contribution >= 0.6 is 15.9 Å². The quantitative estimate of drug-likeness (QED) is 0.414. The Morgan fingerprint density at radius 2 is 1.93 bits per heavy atom. The number of ether oxygens (including phenoxy) is 1. The summed E-state index contributed by atoms with van der Waals surface area (Å²) in [5, 5.41) is 26.1. The molecule has 0 radical (unpaired) electrons. The van der Waals surface area contributed by atoms with E-state index in [1.807, 2.05) is 25.1 Å². The molecule has 7 heteroatoms. The van der Waals surface area contributed by atoms with Gasteiger partial charge in [0, 0.05) is 16.2 Å². The molecular formula is C21H27BrN2O4. The van der Waals surface area contributed by atoms with Crippen LogP contribution in [0, 0.1) is 0 Å². The molecule has 0 aromatic heterocycles.